The van der Waals surface area contributed by atoms with E-state index < -0.39 is 12.3 Å². The molecule has 0 aromatic heterocycles. The van der Waals surface area contributed by atoms with Crippen LogP contribution in [0.25, 0.3) is 0 Å². The molecule has 44 heavy (non-hydrogen) atoms. The maximum atomic E-state index is 11.9. The maximum absolute atomic E-state index is 11.9. The summed E-state index contributed by atoms with van der Waals surface area (Å²) >= 11 is 0. The number of carboxylic acids is 1. The van der Waals surface area contributed by atoms with Crippen LogP contribution < -0.4 is 5.32 Å². The van der Waals surface area contributed by atoms with Crippen LogP contribution in [0.5, 0.6) is 0 Å². The summed E-state index contributed by atoms with van der Waals surface area (Å²) < 4.78 is 13.3. The number of nitrogens with one attached hydrogen (secondary N) is 1. The third kappa shape index (κ3) is 8.74. The molecule has 2 aliphatic rings. The van der Waals surface area contributed by atoms with Crippen LogP contribution >= 0.6 is 0 Å². The number of carbonyl (C=O) groups is 2. The van der Waals surface area contributed by atoms with Gasteiger partial charge in [-0.15, -0.1) is 0 Å². The number of aliphatic hydroxyl groups is 1. The number of hydrogen-bond donors (Lipinski definition) is 3. The molecule has 3 aromatic rings. The largest absolute Gasteiger partial charge is 0.481 e. The Morgan fingerprint density at radius 3 is 2.09 bits per heavy atom. The van der Waals surface area contributed by atoms with Gasteiger partial charge in [0.2, 0.25) is 5.91 Å². The quantitative estimate of drug-likeness (QED) is 0.282. The van der Waals surface area contributed by atoms with Crippen molar-refractivity contribution in [3.05, 3.63) is 107 Å². The summed E-state index contributed by atoms with van der Waals surface area (Å²) in [6.45, 7) is 8.27. The van der Waals surface area contributed by atoms with E-state index in [9.17, 15) is 14.7 Å². The first kappa shape index (κ1) is 31.8. The number of hydrogen-bond acceptors (Lipinski definition) is 7. The fraction of sp³-hybridized carbons (Fsp3) is 0.429. The Morgan fingerprint density at radius 2 is 1.43 bits per heavy atom. The molecule has 234 valence electrons. The van der Waals surface area contributed by atoms with Gasteiger partial charge in [0.05, 0.1) is 25.2 Å². The molecular weight excluding hydrogens is 558 g/mol. The van der Waals surface area contributed by atoms with Crippen LogP contribution in [0.3, 0.4) is 0 Å². The Morgan fingerprint density at radius 1 is 0.795 bits per heavy atom. The van der Waals surface area contributed by atoms with E-state index in [2.05, 4.69) is 52.4 Å². The summed E-state index contributed by atoms with van der Waals surface area (Å²) in [6, 6.07) is 26.3. The Bertz CT molecular complexity index is 1340. The third-order valence-electron chi connectivity index (χ3n) is 8.58. The number of nitrogens with zero attached hydrogens (tertiary/aromatic N) is 2. The zero-order chi connectivity index (χ0) is 30.9. The van der Waals surface area contributed by atoms with E-state index in [4.69, 9.17) is 14.6 Å². The molecule has 9 nitrogen and oxygen atoms in total. The molecule has 9 heteroatoms. The van der Waals surface area contributed by atoms with Crippen LogP contribution in [0, 0.1) is 5.92 Å². The summed E-state index contributed by atoms with van der Waals surface area (Å²) in [5.74, 6) is -1.17. The third-order valence-corrected chi connectivity index (χ3v) is 8.58. The van der Waals surface area contributed by atoms with Gasteiger partial charge in [-0.1, -0.05) is 85.8 Å². The Balaban J connectivity index is 1.24. The zero-order valence-corrected chi connectivity index (χ0v) is 25.3. The van der Waals surface area contributed by atoms with Crippen LogP contribution in [-0.4, -0.2) is 70.7 Å². The molecule has 0 saturated carbocycles. The van der Waals surface area contributed by atoms with Crippen molar-refractivity contribution in [1.29, 1.82) is 0 Å². The number of piperazine rings is 1. The van der Waals surface area contributed by atoms with Crippen molar-refractivity contribution in [2.24, 2.45) is 5.92 Å². The van der Waals surface area contributed by atoms with Crippen LogP contribution in [0.4, 0.5) is 0 Å². The van der Waals surface area contributed by atoms with Crippen LogP contribution in [0.2, 0.25) is 0 Å². The van der Waals surface area contributed by atoms with Crippen LogP contribution in [0.15, 0.2) is 78.9 Å². The molecule has 0 aliphatic carbocycles. The fourth-order valence-electron chi connectivity index (χ4n) is 5.86. The molecular formula is C35H43N3O6. The lowest BCUT2D eigenvalue weighted by Crippen LogP contribution is -2.51. The van der Waals surface area contributed by atoms with E-state index in [0.29, 0.717) is 6.54 Å². The number of aliphatic carboxylic acids is 1. The minimum atomic E-state index is -0.988. The van der Waals surface area contributed by atoms with Crippen LogP contribution in [-0.2, 0) is 38.8 Å². The van der Waals surface area contributed by atoms with Gasteiger partial charge < -0.3 is 25.0 Å². The second-order valence-electron chi connectivity index (χ2n) is 11.8. The van der Waals surface area contributed by atoms with Crippen molar-refractivity contribution in [3.8, 4) is 0 Å². The Labute approximate surface area is 259 Å². The topological polar surface area (TPSA) is 112 Å². The van der Waals surface area contributed by atoms with Gasteiger partial charge in [0.25, 0.3) is 0 Å². The molecule has 0 bridgehead atoms. The van der Waals surface area contributed by atoms with Gasteiger partial charge in [-0.2, -0.15) is 0 Å². The van der Waals surface area contributed by atoms with Gasteiger partial charge >= 0.3 is 5.97 Å². The number of carboxylic acid groups (broad SMARTS) is 1. The molecule has 0 radical (unpaired) electrons. The minimum Gasteiger partial charge on any atom is -0.481 e. The highest BCUT2D eigenvalue weighted by atomic mass is 16.7. The smallest absolute Gasteiger partial charge is 0.303 e. The lowest BCUT2D eigenvalue weighted by atomic mass is 9.90. The first-order chi connectivity index (χ1) is 21.4. The van der Waals surface area contributed by atoms with Crippen molar-refractivity contribution >= 4 is 11.9 Å². The molecule has 2 saturated heterocycles. The summed E-state index contributed by atoms with van der Waals surface area (Å²) in [4.78, 5) is 27.7. The fourth-order valence-corrected chi connectivity index (χ4v) is 5.86. The van der Waals surface area contributed by atoms with Crippen molar-refractivity contribution < 1.29 is 29.3 Å². The highest BCUT2D eigenvalue weighted by molar-refractivity contribution is 5.80. The molecule has 3 N–H and O–H groups in total. The standard InChI is InChI=1S/C35H43N3O6/c1-25-31(23-38-19-17-37(18-20-38)22-27-5-3-2-4-6-27)43-35(44-34(25)29-11-9-28(24-39)10-12-29)30-13-7-26(8-14-30)21-36-32(40)15-16-33(41)42/h2-14,25,31,34-35,39H,15-24H2,1H3,(H,36,40)(H,41,42). The van der Waals surface area contributed by atoms with Gasteiger partial charge in [0.15, 0.2) is 6.29 Å². The SMILES string of the molecule is CC1C(CN2CCN(Cc3ccccc3)CC2)OC(c2ccc(CNC(=O)CCC(=O)O)cc2)OC1c1ccc(CO)cc1. The van der Waals surface area contributed by atoms with Gasteiger partial charge in [-0.25, -0.2) is 0 Å². The summed E-state index contributed by atoms with van der Waals surface area (Å²) in [7, 11) is 0. The molecule has 4 unspecified atom stereocenters. The molecule has 3 aromatic carbocycles. The monoisotopic (exact) mass is 601 g/mol. The van der Waals surface area contributed by atoms with E-state index in [1.807, 2.05) is 48.5 Å². The molecule has 2 heterocycles. The molecule has 4 atom stereocenters. The minimum absolute atomic E-state index is 0.00166. The van der Waals surface area contributed by atoms with Gasteiger partial charge in [0, 0.05) is 63.7 Å². The van der Waals surface area contributed by atoms with E-state index in [-0.39, 0.29) is 43.5 Å². The van der Waals surface area contributed by atoms with E-state index in [0.717, 1.165) is 61.5 Å². The molecule has 0 spiro atoms. The van der Waals surface area contributed by atoms with Crippen LogP contribution in [0.1, 0.15) is 60.0 Å². The predicted octanol–water partition coefficient (Wildman–Crippen LogP) is 4.27. The highest BCUT2D eigenvalue weighted by Crippen LogP contribution is 2.42. The number of rotatable bonds is 12. The number of carbonyl (C=O) groups excluding carboxylic acids is 1. The van der Waals surface area contributed by atoms with Gasteiger partial charge in [-0.3, -0.25) is 19.4 Å². The van der Waals surface area contributed by atoms with Gasteiger partial charge in [0.1, 0.15) is 0 Å². The van der Waals surface area contributed by atoms with Gasteiger partial charge in [-0.05, 0) is 22.3 Å². The van der Waals surface area contributed by atoms with E-state index in [1.165, 1.54) is 5.56 Å². The summed E-state index contributed by atoms with van der Waals surface area (Å²) in [6.07, 6.45) is -1.02. The second-order valence-corrected chi connectivity index (χ2v) is 11.8. The lowest BCUT2D eigenvalue weighted by molar-refractivity contribution is -0.276. The molecule has 5 rings (SSSR count). The highest BCUT2D eigenvalue weighted by Gasteiger charge is 2.39. The Hall–Kier alpha value is -3.60. The summed E-state index contributed by atoms with van der Waals surface area (Å²) in [5, 5.41) is 21.1. The maximum Gasteiger partial charge on any atom is 0.303 e. The molecule has 2 fully saturated rings. The molecule has 1 amide bonds. The normalized spacial score (nSPS) is 22.9. The van der Waals surface area contributed by atoms with Crippen molar-refractivity contribution in [2.75, 3.05) is 32.7 Å². The van der Waals surface area contributed by atoms with E-state index in [1.54, 1.807) is 0 Å². The first-order valence-corrected chi connectivity index (χ1v) is 15.4. The van der Waals surface area contributed by atoms with E-state index >= 15 is 0 Å². The average Bonchev–Trinajstić information content (AvgIpc) is 3.05. The predicted molar refractivity (Wildman–Crippen MR) is 166 cm³/mol. The first-order valence-electron chi connectivity index (χ1n) is 15.4. The number of ether oxygens (including phenoxy) is 2. The zero-order valence-electron chi connectivity index (χ0n) is 25.3. The number of benzene rings is 3. The average molecular weight is 602 g/mol. The lowest BCUT2D eigenvalue weighted by Gasteiger charge is -2.44. The summed E-state index contributed by atoms with van der Waals surface area (Å²) in [5.41, 5.74) is 5.06. The van der Waals surface area contributed by atoms with Crippen molar-refractivity contribution in [2.45, 2.75) is 58.0 Å². The Kier molecular flexibility index (Phi) is 11.1. The van der Waals surface area contributed by atoms with Crippen molar-refractivity contribution in [1.82, 2.24) is 15.1 Å². The van der Waals surface area contributed by atoms with Crippen molar-refractivity contribution in [3.63, 3.8) is 0 Å². The number of aliphatic hydroxyl groups excluding tert-OH is 1. The molecule has 2 aliphatic heterocycles. The number of amides is 1. The second kappa shape index (κ2) is 15.4.